The molecule has 1 aromatic heterocycles. The van der Waals surface area contributed by atoms with Gasteiger partial charge in [0.15, 0.2) is 11.6 Å². The molecule has 0 saturated heterocycles. The molecule has 0 amide bonds. The molecule has 0 bridgehead atoms. The van der Waals surface area contributed by atoms with Crippen molar-refractivity contribution >= 4 is 6.08 Å². The van der Waals surface area contributed by atoms with E-state index in [0.717, 1.165) is 42.6 Å². The van der Waals surface area contributed by atoms with Crippen LogP contribution >= 0.6 is 0 Å². The molecule has 184 valence electrons. The summed E-state index contributed by atoms with van der Waals surface area (Å²) in [6.45, 7) is 2.81. The first-order valence-electron chi connectivity index (χ1n) is 12.0. The van der Waals surface area contributed by atoms with Gasteiger partial charge < -0.3 is 14.6 Å². The van der Waals surface area contributed by atoms with Crippen molar-refractivity contribution in [3.8, 4) is 11.4 Å². The Morgan fingerprint density at radius 2 is 1.97 bits per heavy atom. The number of hydrogen-bond acceptors (Lipinski definition) is 4. The maximum absolute atomic E-state index is 14.3. The third-order valence-electron chi connectivity index (χ3n) is 7.56. The van der Waals surface area contributed by atoms with E-state index >= 15 is 0 Å². The smallest absolute Gasteiger partial charge is 0.165 e. The van der Waals surface area contributed by atoms with E-state index < -0.39 is 11.9 Å². The lowest BCUT2D eigenvalue weighted by Crippen LogP contribution is -2.40. The van der Waals surface area contributed by atoms with Crippen molar-refractivity contribution < 1.29 is 23.4 Å². The Morgan fingerprint density at radius 3 is 2.74 bits per heavy atom. The summed E-state index contributed by atoms with van der Waals surface area (Å²) in [4.78, 5) is 0. The third-order valence-corrected chi connectivity index (χ3v) is 7.56. The second-order valence-electron chi connectivity index (χ2n) is 9.68. The fourth-order valence-corrected chi connectivity index (χ4v) is 5.65. The summed E-state index contributed by atoms with van der Waals surface area (Å²) < 4.78 is 40.1. The zero-order valence-corrected chi connectivity index (χ0v) is 20.0. The van der Waals surface area contributed by atoms with Crippen molar-refractivity contribution in [1.82, 2.24) is 9.78 Å². The van der Waals surface area contributed by atoms with Gasteiger partial charge in [0.1, 0.15) is 12.4 Å². The number of hydrogen-bond donors (Lipinski definition) is 1. The van der Waals surface area contributed by atoms with Gasteiger partial charge in [-0.05, 0) is 90.6 Å². The summed E-state index contributed by atoms with van der Waals surface area (Å²) in [5, 5.41) is 16.1. The molecule has 0 unspecified atom stereocenters. The number of aromatic nitrogens is 2. The van der Waals surface area contributed by atoms with Gasteiger partial charge in [0.25, 0.3) is 0 Å². The van der Waals surface area contributed by atoms with Gasteiger partial charge in [0, 0.05) is 7.11 Å². The van der Waals surface area contributed by atoms with Crippen LogP contribution in [0.1, 0.15) is 49.1 Å². The minimum Gasteiger partial charge on any atom is -0.488 e. The molecule has 1 N–H and O–H groups in total. The molecule has 2 aromatic carbocycles. The molecule has 1 saturated carbocycles. The summed E-state index contributed by atoms with van der Waals surface area (Å²) in [7, 11) is 1.56. The lowest BCUT2D eigenvalue weighted by Gasteiger charge is -2.47. The molecule has 0 radical (unpaired) electrons. The predicted octanol–water partition coefficient (Wildman–Crippen LogP) is 5.66. The summed E-state index contributed by atoms with van der Waals surface area (Å²) in [6, 6.07) is 10.9. The molecule has 1 fully saturated rings. The average Bonchev–Trinajstić information content (AvgIpc) is 3.25. The van der Waals surface area contributed by atoms with Crippen LogP contribution in [-0.2, 0) is 11.2 Å². The van der Waals surface area contributed by atoms with Crippen LogP contribution in [0.5, 0.6) is 5.75 Å². The van der Waals surface area contributed by atoms with Crippen molar-refractivity contribution in [2.24, 2.45) is 11.3 Å². The quantitative estimate of drug-likeness (QED) is 0.444. The predicted molar refractivity (Wildman–Crippen MR) is 129 cm³/mol. The summed E-state index contributed by atoms with van der Waals surface area (Å²) in [6.07, 6.45) is 6.82. The highest BCUT2D eigenvalue weighted by atomic mass is 19.1. The van der Waals surface area contributed by atoms with Crippen LogP contribution in [0, 0.1) is 23.0 Å². The third kappa shape index (κ3) is 4.39. The highest BCUT2D eigenvalue weighted by Gasteiger charge is 2.46. The van der Waals surface area contributed by atoms with E-state index in [9.17, 15) is 13.9 Å². The largest absolute Gasteiger partial charge is 0.488 e. The fourth-order valence-electron chi connectivity index (χ4n) is 5.65. The van der Waals surface area contributed by atoms with Gasteiger partial charge in [-0.1, -0.05) is 18.6 Å². The lowest BCUT2D eigenvalue weighted by atomic mass is 9.57. The zero-order valence-electron chi connectivity index (χ0n) is 20.0. The molecular formula is C28H30F2N2O3. The highest BCUT2D eigenvalue weighted by molar-refractivity contribution is 5.61. The Labute approximate surface area is 204 Å². The molecule has 0 spiro atoms. The van der Waals surface area contributed by atoms with E-state index in [-0.39, 0.29) is 29.5 Å². The van der Waals surface area contributed by atoms with Crippen LogP contribution in [-0.4, -0.2) is 35.2 Å². The topological polar surface area (TPSA) is 56.5 Å². The maximum atomic E-state index is 14.3. The molecule has 0 aliphatic heterocycles. The highest BCUT2D eigenvalue weighted by Crippen LogP contribution is 2.55. The van der Waals surface area contributed by atoms with E-state index in [1.54, 1.807) is 31.4 Å². The maximum Gasteiger partial charge on any atom is 0.165 e. The van der Waals surface area contributed by atoms with E-state index in [4.69, 9.17) is 9.47 Å². The van der Waals surface area contributed by atoms with Crippen LogP contribution < -0.4 is 4.74 Å². The number of fused-ring (bicyclic) bond motifs is 2. The Balaban J connectivity index is 1.44. The molecule has 3 atom stereocenters. The van der Waals surface area contributed by atoms with Crippen molar-refractivity contribution in [3.05, 3.63) is 82.7 Å². The van der Waals surface area contributed by atoms with E-state index in [1.165, 1.54) is 23.8 Å². The van der Waals surface area contributed by atoms with Crippen molar-refractivity contribution in [3.63, 3.8) is 0 Å². The molecule has 5 nitrogen and oxygen atoms in total. The number of halogens is 2. The van der Waals surface area contributed by atoms with Crippen molar-refractivity contribution in [1.29, 1.82) is 0 Å². The summed E-state index contributed by atoms with van der Waals surface area (Å²) in [5.41, 5.74) is 4.60. The fraction of sp³-hybridized carbons (Fsp3) is 0.393. The second kappa shape index (κ2) is 9.55. The van der Waals surface area contributed by atoms with Crippen LogP contribution in [0.15, 0.2) is 54.2 Å². The number of rotatable bonds is 7. The van der Waals surface area contributed by atoms with Gasteiger partial charge >= 0.3 is 0 Å². The van der Waals surface area contributed by atoms with Crippen LogP contribution in [0.4, 0.5) is 8.78 Å². The number of methoxy groups -OCH3 is 1. The minimum atomic E-state index is -0.761. The van der Waals surface area contributed by atoms with Gasteiger partial charge in [-0.25, -0.2) is 13.5 Å². The number of allylic oxidation sites excluding steroid dienone is 1. The Kier molecular flexibility index (Phi) is 6.47. The van der Waals surface area contributed by atoms with E-state index in [1.807, 2.05) is 10.9 Å². The number of ether oxygens (including phenoxy) is 2. The molecule has 2 aliphatic carbocycles. The lowest BCUT2D eigenvalue weighted by molar-refractivity contribution is 0.0214. The molecule has 2 aliphatic rings. The normalized spacial score (nSPS) is 22.2. The molecule has 7 heteroatoms. The van der Waals surface area contributed by atoms with Crippen molar-refractivity contribution in [2.75, 3.05) is 20.3 Å². The van der Waals surface area contributed by atoms with Gasteiger partial charge in [0.2, 0.25) is 0 Å². The molecule has 5 rings (SSSR count). The Bertz CT molecular complexity index is 1240. The Morgan fingerprint density at radius 1 is 1.17 bits per heavy atom. The SMILES string of the molecule is COCCOc1cc([C@H](O)[C@H]2CCCC3=Cc4c(cnn4-c4ccc(F)cc4)C[C@@]32C)ccc1F. The van der Waals surface area contributed by atoms with Gasteiger partial charge in [0.05, 0.1) is 30.3 Å². The number of benzene rings is 2. The minimum absolute atomic E-state index is 0.0397. The van der Waals surface area contributed by atoms with Crippen LogP contribution in [0.2, 0.25) is 0 Å². The first-order valence-corrected chi connectivity index (χ1v) is 12.0. The summed E-state index contributed by atoms with van der Waals surface area (Å²) in [5.74, 6) is -0.648. The van der Waals surface area contributed by atoms with Gasteiger partial charge in [-0.15, -0.1) is 0 Å². The molecule has 35 heavy (non-hydrogen) atoms. The van der Waals surface area contributed by atoms with Crippen LogP contribution in [0.25, 0.3) is 11.8 Å². The first kappa shape index (κ1) is 23.7. The zero-order chi connectivity index (χ0) is 24.6. The molecule has 3 aromatic rings. The number of aliphatic hydroxyl groups excluding tert-OH is 1. The van der Waals surface area contributed by atoms with E-state index in [2.05, 4.69) is 18.1 Å². The number of aliphatic hydroxyl groups is 1. The van der Waals surface area contributed by atoms with Gasteiger partial charge in [-0.3, -0.25) is 0 Å². The van der Waals surface area contributed by atoms with Crippen LogP contribution in [0.3, 0.4) is 0 Å². The standard InChI is InChI=1S/C28H30F2N2O3/c1-28-16-19-17-31-32(22-9-7-21(29)8-10-22)25(19)15-20(28)4-3-5-23(28)27(33)18-6-11-24(30)26(14-18)35-13-12-34-2/h6-11,14-15,17,23,27,33H,3-5,12-13,16H2,1-2H3/t23-,27+,28+/m1/s1. The monoisotopic (exact) mass is 480 g/mol. The second-order valence-corrected chi connectivity index (χ2v) is 9.68. The number of nitrogens with zero attached hydrogens (tertiary/aromatic N) is 2. The van der Waals surface area contributed by atoms with Gasteiger partial charge in [-0.2, -0.15) is 5.10 Å². The van der Waals surface area contributed by atoms with E-state index in [0.29, 0.717) is 12.2 Å². The summed E-state index contributed by atoms with van der Waals surface area (Å²) >= 11 is 0. The average molecular weight is 481 g/mol. The first-order chi connectivity index (χ1) is 16.9. The Hall–Kier alpha value is -3.03. The van der Waals surface area contributed by atoms with Crippen molar-refractivity contribution in [2.45, 2.75) is 38.7 Å². The molecule has 1 heterocycles. The molecular weight excluding hydrogens is 450 g/mol.